The molecule has 4 N–H and O–H groups in total. The van der Waals surface area contributed by atoms with Gasteiger partial charge in [-0.1, -0.05) is 0 Å². The van der Waals surface area contributed by atoms with E-state index in [-0.39, 0.29) is 17.6 Å². The van der Waals surface area contributed by atoms with E-state index >= 15 is 0 Å². The van der Waals surface area contributed by atoms with Gasteiger partial charge >= 0.3 is 0 Å². The van der Waals surface area contributed by atoms with Crippen molar-refractivity contribution in [1.29, 1.82) is 0 Å². The number of anilines is 1. The van der Waals surface area contributed by atoms with Crippen LogP contribution in [0, 0.1) is 0 Å². The van der Waals surface area contributed by atoms with E-state index in [9.17, 15) is 4.79 Å². The molecule has 0 saturated carbocycles. The standard InChI is InChI=1S/C15H20N4O2/c1-15(2)8-10(5-6-21-15)17-14(20)13-11-7-9(16)3-4-12(11)18-19-13/h3-4,7,10H,5-6,8,16H2,1-2H3,(H,17,20)(H,18,19). The molecule has 1 aromatic carbocycles. The van der Waals surface area contributed by atoms with Crippen molar-refractivity contribution in [2.45, 2.75) is 38.3 Å². The Morgan fingerprint density at radius 1 is 1.52 bits per heavy atom. The van der Waals surface area contributed by atoms with Crippen LogP contribution in [-0.4, -0.2) is 34.4 Å². The molecule has 1 saturated heterocycles. The highest BCUT2D eigenvalue weighted by Gasteiger charge is 2.30. The highest BCUT2D eigenvalue weighted by atomic mass is 16.5. The molecule has 0 spiro atoms. The fourth-order valence-electron chi connectivity index (χ4n) is 2.81. The lowest BCUT2D eigenvalue weighted by Crippen LogP contribution is -2.45. The molecule has 2 aromatic rings. The second-order valence-corrected chi connectivity index (χ2v) is 6.15. The molecule has 0 radical (unpaired) electrons. The predicted molar refractivity (Wildman–Crippen MR) is 81.0 cm³/mol. The van der Waals surface area contributed by atoms with E-state index in [0.717, 1.165) is 23.7 Å². The SMILES string of the molecule is CC1(C)CC(NC(=O)c2n[nH]c3ccc(N)cc23)CCO1. The van der Waals surface area contributed by atoms with Gasteiger partial charge in [-0.15, -0.1) is 0 Å². The maximum absolute atomic E-state index is 12.4. The number of fused-ring (bicyclic) bond motifs is 1. The number of aromatic nitrogens is 2. The molecule has 112 valence electrons. The van der Waals surface area contributed by atoms with Crippen molar-refractivity contribution in [1.82, 2.24) is 15.5 Å². The first kappa shape index (κ1) is 13.9. The fraction of sp³-hybridized carbons (Fsp3) is 0.467. The van der Waals surface area contributed by atoms with E-state index in [1.54, 1.807) is 12.1 Å². The Bertz CT molecular complexity index is 677. The maximum Gasteiger partial charge on any atom is 0.272 e. The predicted octanol–water partition coefficient (Wildman–Crippen LogP) is 1.83. The summed E-state index contributed by atoms with van der Waals surface area (Å²) in [5, 5.41) is 10.8. The molecule has 1 aliphatic heterocycles. The van der Waals surface area contributed by atoms with Crippen LogP contribution in [0.25, 0.3) is 10.9 Å². The molecular formula is C15H20N4O2. The molecular weight excluding hydrogens is 268 g/mol. The van der Waals surface area contributed by atoms with Gasteiger partial charge in [0.05, 0.1) is 11.1 Å². The van der Waals surface area contributed by atoms with Crippen LogP contribution in [-0.2, 0) is 4.74 Å². The van der Waals surface area contributed by atoms with Gasteiger partial charge in [-0.05, 0) is 44.9 Å². The Morgan fingerprint density at radius 3 is 3.10 bits per heavy atom. The van der Waals surface area contributed by atoms with Gasteiger partial charge in [0.1, 0.15) is 0 Å². The quantitative estimate of drug-likeness (QED) is 0.735. The zero-order valence-corrected chi connectivity index (χ0v) is 12.3. The van der Waals surface area contributed by atoms with E-state index < -0.39 is 0 Å². The third-order valence-corrected chi connectivity index (χ3v) is 3.83. The molecule has 0 bridgehead atoms. The number of benzene rings is 1. The van der Waals surface area contributed by atoms with Crippen LogP contribution >= 0.6 is 0 Å². The van der Waals surface area contributed by atoms with E-state index in [0.29, 0.717) is 18.0 Å². The normalized spacial score (nSPS) is 21.3. The Kier molecular flexibility index (Phi) is 3.33. The van der Waals surface area contributed by atoms with Gasteiger partial charge in [-0.2, -0.15) is 5.10 Å². The first-order valence-corrected chi connectivity index (χ1v) is 7.13. The fourth-order valence-corrected chi connectivity index (χ4v) is 2.81. The molecule has 6 nitrogen and oxygen atoms in total. The summed E-state index contributed by atoms with van der Waals surface area (Å²) in [5.74, 6) is -0.172. The lowest BCUT2D eigenvalue weighted by Gasteiger charge is -2.35. The van der Waals surface area contributed by atoms with Gasteiger partial charge in [-0.3, -0.25) is 9.89 Å². The average molecular weight is 288 g/mol. The number of rotatable bonds is 2. The zero-order valence-electron chi connectivity index (χ0n) is 12.3. The molecule has 2 heterocycles. The van der Waals surface area contributed by atoms with E-state index in [2.05, 4.69) is 15.5 Å². The number of hydrogen-bond acceptors (Lipinski definition) is 4. The first-order valence-electron chi connectivity index (χ1n) is 7.13. The highest BCUT2D eigenvalue weighted by Crippen LogP contribution is 2.25. The van der Waals surface area contributed by atoms with Crippen LogP contribution in [0.5, 0.6) is 0 Å². The maximum atomic E-state index is 12.4. The van der Waals surface area contributed by atoms with Gasteiger partial charge in [0, 0.05) is 23.7 Å². The van der Waals surface area contributed by atoms with Gasteiger partial charge in [0.15, 0.2) is 5.69 Å². The van der Waals surface area contributed by atoms with Gasteiger partial charge < -0.3 is 15.8 Å². The van der Waals surface area contributed by atoms with Crippen LogP contribution in [0.15, 0.2) is 18.2 Å². The molecule has 1 fully saturated rings. The minimum absolute atomic E-state index is 0.106. The topological polar surface area (TPSA) is 93.0 Å². The van der Waals surface area contributed by atoms with E-state index in [1.165, 1.54) is 0 Å². The molecule has 1 unspecified atom stereocenters. The molecule has 6 heteroatoms. The number of nitrogens with two attached hydrogens (primary N) is 1. The van der Waals surface area contributed by atoms with Crippen LogP contribution in [0.4, 0.5) is 5.69 Å². The third kappa shape index (κ3) is 2.85. The van der Waals surface area contributed by atoms with E-state index in [1.807, 2.05) is 19.9 Å². The van der Waals surface area contributed by atoms with Crippen LogP contribution < -0.4 is 11.1 Å². The molecule has 21 heavy (non-hydrogen) atoms. The monoisotopic (exact) mass is 288 g/mol. The number of H-pyrrole nitrogens is 1. The number of nitrogen functional groups attached to an aromatic ring is 1. The Balaban J connectivity index is 1.79. The molecule has 3 rings (SSSR count). The number of hydrogen-bond donors (Lipinski definition) is 3. The van der Waals surface area contributed by atoms with Crippen molar-refractivity contribution in [2.75, 3.05) is 12.3 Å². The average Bonchev–Trinajstić information content (AvgIpc) is 2.80. The summed E-state index contributed by atoms with van der Waals surface area (Å²) in [6.45, 7) is 4.73. The van der Waals surface area contributed by atoms with Gasteiger partial charge in [0.25, 0.3) is 5.91 Å². The first-order chi connectivity index (χ1) is 9.94. The van der Waals surface area contributed by atoms with Crippen molar-refractivity contribution < 1.29 is 9.53 Å². The summed E-state index contributed by atoms with van der Waals surface area (Å²) in [7, 11) is 0. The van der Waals surface area contributed by atoms with Crippen LogP contribution in [0.3, 0.4) is 0 Å². The number of nitrogens with zero attached hydrogens (tertiary/aromatic N) is 1. The van der Waals surface area contributed by atoms with Gasteiger partial charge in [-0.25, -0.2) is 0 Å². The summed E-state index contributed by atoms with van der Waals surface area (Å²) in [4.78, 5) is 12.4. The number of ether oxygens (including phenoxy) is 1. The number of carbonyl (C=O) groups is 1. The smallest absolute Gasteiger partial charge is 0.272 e. The van der Waals surface area contributed by atoms with Crippen molar-refractivity contribution in [3.8, 4) is 0 Å². The molecule has 1 aromatic heterocycles. The minimum Gasteiger partial charge on any atom is -0.399 e. The Labute approximate surface area is 123 Å². The van der Waals surface area contributed by atoms with E-state index in [4.69, 9.17) is 10.5 Å². The molecule has 1 aliphatic rings. The zero-order chi connectivity index (χ0) is 15.0. The lowest BCUT2D eigenvalue weighted by atomic mass is 9.94. The van der Waals surface area contributed by atoms with Crippen molar-refractivity contribution in [2.24, 2.45) is 0 Å². The summed E-state index contributed by atoms with van der Waals surface area (Å²) in [6, 6.07) is 5.48. The van der Waals surface area contributed by atoms with Crippen molar-refractivity contribution in [3.63, 3.8) is 0 Å². The van der Waals surface area contributed by atoms with Crippen molar-refractivity contribution in [3.05, 3.63) is 23.9 Å². The highest BCUT2D eigenvalue weighted by molar-refractivity contribution is 6.05. The number of carbonyl (C=O) groups excluding carboxylic acids is 1. The summed E-state index contributed by atoms with van der Waals surface area (Å²) in [5.41, 5.74) is 7.40. The molecule has 1 atom stereocenters. The third-order valence-electron chi connectivity index (χ3n) is 3.83. The van der Waals surface area contributed by atoms with Crippen molar-refractivity contribution >= 4 is 22.5 Å². The second kappa shape index (κ2) is 5.04. The molecule has 0 aliphatic carbocycles. The second-order valence-electron chi connectivity index (χ2n) is 6.15. The van der Waals surface area contributed by atoms with Crippen LogP contribution in [0.1, 0.15) is 37.2 Å². The van der Waals surface area contributed by atoms with Crippen LogP contribution in [0.2, 0.25) is 0 Å². The largest absolute Gasteiger partial charge is 0.399 e. The number of amides is 1. The lowest BCUT2D eigenvalue weighted by molar-refractivity contribution is -0.0615. The molecule has 1 amide bonds. The summed E-state index contributed by atoms with van der Waals surface area (Å²) >= 11 is 0. The Hall–Kier alpha value is -2.08. The summed E-state index contributed by atoms with van der Waals surface area (Å²) in [6.07, 6.45) is 1.61. The van der Waals surface area contributed by atoms with Gasteiger partial charge in [0.2, 0.25) is 0 Å². The number of aromatic amines is 1. The Morgan fingerprint density at radius 2 is 2.33 bits per heavy atom. The minimum atomic E-state index is -0.200. The number of nitrogens with one attached hydrogen (secondary N) is 2. The summed E-state index contributed by atoms with van der Waals surface area (Å²) < 4.78 is 5.66.